The van der Waals surface area contributed by atoms with E-state index >= 15 is 0 Å². The predicted molar refractivity (Wildman–Crippen MR) is 175 cm³/mol. The Morgan fingerprint density at radius 1 is 0.826 bits per heavy atom. The van der Waals surface area contributed by atoms with Gasteiger partial charge in [-0.1, -0.05) is 84.6 Å². The minimum Gasteiger partial charge on any atom is -0.392 e. The van der Waals surface area contributed by atoms with Gasteiger partial charge in [-0.15, -0.1) is 0 Å². The number of carbonyl (C=O) groups is 2. The third-order valence-electron chi connectivity index (χ3n) is 8.43. The molecule has 1 saturated heterocycles. The van der Waals surface area contributed by atoms with Crippen molar-refractivity contribution in [1.82, 2.24) is 14.5 Å². The molecule has 2 aliphatic heterocycles. The number of imide groups is 1. The summed E-state index contributed by atoms with van der Waals surface area (Å²) in [6.45, 7) is 0.188. The molecule has 0 aliphatic carbocycles. The number of thioether (sulfide) groups is 1. The molecule has 3 atom stereocenters. The van der Waals surface area contributed by atoms with Gasteiger partial charge in [0.1, 0.15) is 0 Å². The lowest BCUT2D eigenvalue weighted by atomic mass is 9.99. The average Bonchev–Trinajstić information content (AvgIpc) is 3.63. The summed E-state index contributed by atoms with van der Waals surface area (Å²) in [6.07, 6.45) is 3.54. The first-order valence-corrected chi connectivity index (χ1v) is 16.2. The van der Waals surface area contributed by atoms with E-state index in [2.05, 4.69) is 11.1 Å². The van der Waals surface area contributed by atoms with Gasteiger partial charge in [-0.05, 0) is 52.1 Å². The van der Waals surface area contributed by atoms with Crippen LogP contribution in [0, 0.1) is 0 Å². The lowest BCUT2D eigenvalue weighted by Crippen LogP contribution is -2.31. The monoisotopic (exact) mass is 631 g/mol. The molecule has 0 radical (unpaired) electrons. The van der Waals surface area contributed by atoms with Crippen molar-refractivity contribution in [3.63, 3.8) is 0 Å². The van der Waals surface area contributed by atoms with Crippen LogP contribution in [0.2, 0.25) is 0 Å². The number of aliphatic hydroxyl groups excluding tert-OH is 1. The highest BCUT2D eigenvalue weighted by atomic mass is 32.2. The molecule has 7 rings (SSSR count). The van der Waals surface area contributed by atoms with Crippen LogP contribution < -0.4 is 0 Å². The third kappa shape index (κ3) is 6.15. The lowest BCUT2D eigenvalue weighted by Gasteiger charge is -2.36. The van der Waals surface area contributed by atoms with E-state index < -0.39 is 6.29 Å². The molecule has 1 fully saturated rings. The summed E-state index contributed by atoms with van der Waals surface area (Å²) >= 11 is 1.66. The van der Waals surface area contributed by atoms with E-state index in [-0.39, 0.29) is 37.2 Å². The van der Waals surface area contributed by atoms with Crippen LogP contribution in [-0.2, 0) is 29.7 Å². The van der Waals surface area contributed by atoms with Crippen molar-refractivity contribution in [2.45, 2.75) is 43.2 Å². The molecule has 4 aromatic carbocycles. The first-order chi connectivity index (χ1) is 22.5. The maximum atomic E-state index is 13.0. The smallest absolute Gasteiger partial charge is 0.261 e. The molecule has 232 valence electrons. The fourth-order valence-electron chi connectivity index (χ4n) is 5.96. The van der Waals surface area contributed by atoms with Crippen molar-refractivity contribution in [2.24, 2.45) is 7.05 Å². The van der Waals surface area contributed by atoms with Gasteiger partial charge >= 0.3 is 0 Å². The molecule has 2 aliphatic rings. The third-order valence-corrected chi connectivity index (χ3v) is 9.62. The molecule has 5 aromatic rings. The van der Waals surface area contributed by atoms with Crippen LogP contribution in [0.15, 0.2) is 115 Å². The van der Waals surface area contributed by atoms with Gasteiger partial charge in [-0.3, -0.25) is 14.5 Å². The Balaban J connectivity index is 1.12. The fourth-order valence-corrected chi connectivity index (χ4v) is 6.91. The quantitative estimate of drug-likeness (QED) is 0.143. The maximum Gasteiger partial charge on any atom is 0.261 e. The van der Waals surface area contributed by atoms with Crippen LogP contribution in [0.4, 0.5) is 0 Å². The normalized spacial score (nSPS) is 19.4. The molecule has 0 bridgehead atoms. The molecule has 0 spiro atoms. The summed E-state index contributed by atoms with van der Waals surface area (Å²) in [4.78, 5) is 31.7. The van der Waals surface area contributed by atoms with Crippen LogP contribution in [0.1, 0.15) is 61.8 Å². The fraction of sp³-hybridized carbons (Fsp3) is 0.216. The zero-order chi connectivity index (χ0) is 31.6. The highest BCUT2D eigenvalue weighted by Crippen LogP contribution is 2.40. The van der Waals surface area contributed by atoms with Gasteiger partial charge in [0.2, 0.25) is 0 Å². The van der Waals surface area contributed by atoms with Crippen LogP contribution >= 0.6 is 11.8 Å². The number of aromatic nitrogens is 2. The number of hydrogen-bond donors (Lipinski definition) is 1. The van der Waals surface area contributed by atoms with E-state index in [1.807, 2.05) is 84.5 Å². The standard InChI is InChI=1S/C37H33N3O5S/c1-39-17-16-38-37(39)46-23-30-20-33(26-14-12-24(22-41)13-15-26)45-36(44-30)29-9-5-8-28(19-29)27-7-4-6-25(18-27)21-40-34(42)31-10-2-3-11-32(31)35(40)43/h2-19,30,33,36,41H,20-23H2,1H3. The summed E-state index contributed by atoms with van der Waals surface area (Å²) in [5.41, 5.74) is 6.48. The summed E-state index contributed by atoms with van der Waals surface area (Å²) in [5.74, 6) is 0.182. The minimum atomic E-state index is -0.593. The number of aliphatic hydroxyl groups is 1. The van der Waals surface area contributed by atoms with Crippen molar-refractivity contribution < 1.29 is 24.2 Å². The van der Waals surface area contributed by atoms with E-state index in [0.717, 1.165) is 44.3 Å². The van der Waals surface area contributed by atoms with Crippen LogP contribution in [0.25, 0.3) is 11.1 Å². The van der Waals surface area contributed by atoms with Gasteiger partial charge in [0.25, 0.3) is 11.8 Å². The second-order valence-electron chi connectivity index (χ2n) is 11.5. The Kier molecular flexibility index (Phi) is 8.55. The Labute approximate surface area is 271 Å². The second-order valence-corrected chi connectivity index (χ2v) is 12.5. The van der Waals surface area contributed by atoms with Crippen molar-refractivity contribution in [2.75, 3.05) is 5.75 Å². The number of hydrogen-bond acceptors (Lipinski definition) is 7. The van der Waals surface area contributed by atoms with Gasteiger partial charge in [0, 0.05) is 37.2 Å². The minimum absolute atomic E-state index is 0.00718. The molecule has 8 nitrogen and oxygen atoms in total. The topological polar surface area (TPSA) is 93.9 Å². The van der Waals surface area contributed by atoms with E-state index in [9.17, 15) is 14.7 Å². The largest absolute Gasteiger partial charge is 0.392 e. The molecule has 46 heavy (non-hydrogen) atoms. The Bertz CT molecular complexity index is 1850. The second kappa shape index (κ2) is 13.1. The van der Waals surface area contributed by atoms with Gasteiger partial charge in [-0.25, -0.2) is 4.98 Å². The van der Waals surface area contributed by atoms with Crippen molar-refractivity contribution >= 4 is 23.6 Å². The van der Waals surface area contributed by atoms with E-state index in [0.29, 0.717) is 17.5 Å². The van der Waals surface area contributed by atoms with Gasteiger partial charge < -0.3 is 19.1 Å². The zero-order valence-corrected chi connectivity index (χ0v) is 26.1. The SMILES string of the molecule is Cn1ccnc1SCC1CC(c2ccc(CO)cc2)OC(c2cccc(-c3cccc(CN4C(=O)c5ccccc5C4=O)c3)c2)O1. The van der Waals surface area contributed by atoms with E-state index in [1.54, 1.807) is 42.2 Å². The molecule has 0 saturated carbocycles. The maximum absolute atomic E-state index is 13.0. The van der Waals surface area contributed by atoms with Crippen molar-refractivity contribution in [3.8, 4) is 11.1 Å². The summed E-state index contributed by atoms with van der Waals surface area (Å²) < 4.78 is 15.1. The van der Waals surface area contributed by atoms with Crippen LogP contribution in [0.3, 0.4) is 0 Å². The highest BCUT2D eigenvalue weighted by molar-refractivity contribution is 7.99. The van der Waals surface area contributed by atoms with Crippen molar-refractivity contribution in [1.29, 1.82) is 0 Å². The van der Waals surface area contributed by atoms with Gasteiger partial charge in [-0.2, -0.15) is 0 Å². The lowest BCUT2D eigenvalue weighted by molar-refractivity contribution is -0.245. The first-order valence-electron chi connectivity index (χ1n) is 15.2. The zero-order valence-electron chi connectivity index (χ0n) is 25.3. The Morgan fingerprint density at radius 2 is 1.54 bits per heavy atom. The first kappa shape index (κ1) is 30.1. The van der Waals surface area contributed by atoms with E-state index in [1.165, 1.54) is 4.90 Å². The predicted octanol–water partition coefficient (Wildman–Crippen LogP) is 6.71. The Morgan fingerprint density at radius 3 is 2.24 bits per heavy atom. The summed E-state index contributed by atoms with van der Waals surface area (Å²) in [5, 5.41) is 10.5. The van der Waals surface area contributed by atoms with Crippen LogP contribution in [-0.4, -0.2) is 43.2 Å². The Hall–Kier alpha value is -4.54. The summed E-state index contributed by atoms with van der Waals surface area (Å²) in [6, 6.07) is 30.8. The number of aryl methyl sites for hydroxylation is 1. The van der Waals surface area contributed by atoms with E-state index in [4.69, 9.17) is 9.47 Å². The molecular formula is C37H33N3O5S. The average molecular weight is 632 g/mol. The van der Waals surface area contributed by atoms with Gasteiger partial charge in [0.15, 0.2) is 11.4 Å². The molecule has 2 amide bonds. The molecule has 9 heteroatoms. The van der Waals surface area contributed by atoms with Gasteiger partial charge in [0.05, 0.1) is 36.5 Å². The van der Waals surface area contributed by atoms with Crippen molar-refractivity contribution in [3.05, 3.63) is 143 Å². The molecular weight excluding hydrogens is 598 g/mol. The molecule has 1 aromatic heterocycles. The molecule has 1 N–H and O–H groups in total. The summed E-state index contributed by atoms with van der Waals surface area (Å²) in [7, 11) is 1.98. The number of rotatable bonds is 9. The highest BCUT2D eigenvalue weighted by Gasteiger charge is 2.35. The number of benzene rings is 4. The van der Waals surface area contributed by atoms with Crippen LogP contribution in [0.5, 0.6) is 0 Å². The number of imidazole rings is 1. The number of nitrogens with zero attached hydrogens (tertiary/aromatic N) is 3. The molecule has 3 unspecified atom stereocenters. The molecule has 3 heterocycles. The number of amides is 2. The number of carbonyl (C=O) groups excluding carboxylic acids is 2. The number of fused-ring (bicyclic) bond motifs is 1. The number of ether oxygens (including phenoxy) is 2.